The van der Waals surface area contributed by atoms with Gasteiger partial charge in [0.15, 0.2) is 0 Å². The summed E-state index contributed by atoms with van der Waals surface area (Å²) in [7, 11) is 0. The first-order valence-corrected chi connectivity index (χ1v) is 11.9. The Morgan fingerprint density at radius 1 is 0.556 bits per heavy atom. The topological polar surface area (TPSA) is 34.1 Å². The first kappa shape index (κ1) is 26.1. The average molecular weight is 379 g/mol. The van der Waals surface area contributed by atoms with Gasteiger partial charge in [-0.1, -0.05) is 89.7 Å². The lowest BCUT2D eigenvalue weighted by Crippen LogP contribution is -1.97. The van der Waals surface area contributed by atoms with Crippen molar-refractivity contribution in [1.82, 2.24) is 0 Å². The summed E-state index contributed by atoms with van der Waals surface area (Å²) in [5.41, 5.74) is 0. The van der Waals surface area contributed by atoms with E-state index in [2.05, 4.69) is 19.1 Å². The molecule has 0 aromatic heterocycles. The van der Waals surface area contributed by atoms with Crippen molar-refractivity contribution >= 4 is 12.1 Å². The van der Waals surface area contributed by atoms with E-state index < -0.39 is 0 Å². The molecule has 0 aliphatic rings. The molecular formula is C25H46O2. The Morgan fingerprint density at radius 2 is 1.00 bits per heavy atom. The third-order valence-corrected chi connectivity index (χ3v) is 5.25. The minimum atomic E-state index is 0.426. The molecule has 0 aromatic rings. The second-order valence-corrected chi connectivity index (χ2v) is 7.99. The number of hydrogen-bond acceptors (Lipinski definition) is 2. The molecule has 0 spiro atoms. The number of unbranched alkanes of at least 4 members (excludes halogenated alkanes) is 15. The number of carbonyl (C=O) groups excluding carboxylic acids is 2. The first-order chi connectivity index (χ1) is 13.3. The molecule has 0 amide bonds. The van der Waals surface area contributed by atoms with Gasteiger partial charge in [0.2, 0.25) is 0 Å². The van der Waals surface area contributed by atoms with Crippen LogP contribution in [0, 0.1) is 0 Å². The van der Waals surface area contributed by atoms with E-state index in [0.717, 1.165) is 64.1 Å². The quantitative estimate of drug-likeness (QED) is 0.108. The van der Waals surface area contributed by atoms with Gasteiger partial charge in [0.1, 0.15) is 12.1 Å². The van der Waals surface area contributed by atoms with Crippen LogP contribution in [0.3, 0.4) is 0 Å². The van der Waals surface area contributed by atoms with Crippen LogP contribution in [0.15, 0.2) is 12.2 Å². The van der Waals surface area contributed by atoms with E-state index in [0.29, 0.717) is 12.2 Å². The molecule has 0 aliphatic heterocycles. The van der Waals surface area contributed by atoms with Crippen molar-refractivity contribution in [1.29, 1.82) is 0 Å². The largest absolute Gasteiger partial charge is 0.303 e. The van der Waals surface area contributed by atoms with Crippen LogP contribution in [0.2, 0.25) is 0 Å². The lowest BCUT2D eigenvalue weighted by molar-refractivity contribution is -0.119. The van der Waals surface area contributed by atoms with Gasteiger partial charge in [0.05, 0.1) is 0 Å². The molecule has 0 aliphatic carbocycles. The number of carbonyl (C=O) groups is 2. The summed E-state index contributed by atoms with van der Waals surface area (Å²) in [4.78, 5) is 22.0. The van der Waals surface area contributed by atoms with Gasteiger partial charge in [-0.25, -0.2) is 0 Å². The van der Waals surface area contributed by atoms with E-state index in [-0.39, 0.29) is 0 Å². The van der Waals surface area contributed by atoms with Crippen molar-refractivity contribution in [2.75, 3.05) is 0 Å². The molecule has 0 atom stereocenters. The van der Waals surface area contributed by atoms with Crippen LogP contribution in [0.25, 0.3) is 0 Å². The molecule has 0 N–H and O–H groups in total. The van der Waals surface area contributed by atoms with E-state index >= 15 is 0 Å². The second-order valence-electron chi connectivity index (χ2n) is 7.99. The van der Waals surface area contributed by atoms with E-state index in [9.17, 15) is 9.59 Å². The van der Waals surface area contributed by atoms with Crippen LogP contribution in [-0.4, -0.2) is 12.1 Å². The third-order valence-electron chi connectivity index (χ3n) is 5.25. The summed E-state index contributed by atoms with van der Waals surface area (Å²) in [6.07, 6.45) is 28.9. The fourth-order valence-electron chi connectivity index (χ4n) is 3.43. The Bertz CT molecular complexity index is 346. The van der Waals surface area contributed by atoms with E-state index in [1.807, 2.05) is 0 Å². The van der Waals surface area contributed by atoms with Gasteiger partial charge >= 0.3 is 0 Å². The number of hydrogen-bond donors (Lipinski definition) is 0. The maximum atomic E-state index is 11.8. The standard InChI is InChI=1S/C25H46O2/c1-2-3-4-5-6-7-8-9-10-11-12-13-16-19-22-25(27)23-20-17-14-15-18-21-24-26/h12-13,24H,2-11,14-23H2,1H3/b13-12+. The lowest BCUT2D eigenvalue weighted by Gasteiger charge is -2.01. The molecule has 2 nitrogen and oxygen atoms in total. The van der Waals surface area contributed by atoms with Crippen molar-refractivity contribution in [2.45, 2.75) is 135 Å². The Labute approximate surface area is 169 Å². The van der Waals surface area contributed by atoms with Gasteiger partial charge in [0, 0.05) is 19.3 Å². The molecule has 0 heterocycles. The highest BCUT2D eigenvalue weighted by molar-refractivity contribution is 5.78. The van der Waals surface area contributed by atoms with Gasteiger partial charge in [-0.15, -0.1) is 0 Å². The first-order valence-electron chi connectivity index (χ1n) is 11.9. The molecule has 27 heavy (non-hydrogen) atoms. The van der Waals surface area contributed by atoms with Gasteiger partial charge in [-0.3, -0.25) is 4.79 Å². The van der Waals surface area contributed by atoms with Crippen LogP contribution < -0.4 is 0 Å². The highest BCUT2D eigenvalue weighted by Crippen LogP contribution is 2.11. The Balaban J connectivity index is 3.23. The molecule has 0 saturated carbocycles. The molecule has 0 aromatic carbocycles. The summed E-state index contributed by atoms with van der Waals surface area (Å²) in [5.74, 6) is 0.426. The van der Waals surface area contributed by atoms with E-state index in [4.69, 9.17) is 0 Å². The molecule has 0 rings (SSSR count). The van der Waals surface area contributed by atoms with E-state index in [1.54, 1.807) is 0 Å². The fraction of sp³-hybridized carbons (Fsp3) is 0.840. The van der Waals surface area contributed by atoms with Crippen LogP contribution in [0.4, 0.5) is 0 Å². The third kappa shape index (κ3) is 23.0. The zero-order chi connectivity index (χ0) is 19.8. The predicted molar refractivity (Wildman–Crippen MR) is 118 cm³/mol. The van der Waals surface area contributed by atoms with Gasteiger partial charge in [0.25, 0.3) is 0 Å². The minimum Gasteiger partial charge on any atom is -0.303 e. The predicted octanol–water partition coefficient (Wildman–Crippen LogP) is 8.13. The van der Waals surface area contributed by atoms with Crippen LogP contribution in [0.1, 0.15) is 135 Å². The molecule has 2 heteroatoms. The molecule has 0 saturated heterocycles. The van der Waals surface area contributed by atoms with Crippen molar-refractivity contribution in [3.05, 3.63) is 12.2 Å². The minimum absolute atomic E-state index is 0.426. The van der Waals surface area contributed by atoms with Crippen molar-refractivity contribution in [2.24, 2.45) is 0 Å². The van der Waals surface area contributed by atoms with Crippen LogP contribution >= 0.6 is 0 Å². The summed E-state index contributed by atoms with van der Waals surface area (Å²) in [5, 5.41) is 0. The Morgan fingerprint density at radius 3 is 1.59 bits per heavy atom. The molecule has 0 unspecified atom stereocenters. The van der Waals surface area contributed by atoms with E-state index in [1.165, 1.54) is 64.2 Å². The zero-order valence-electron chi connectivity index (χ0n) is 18.2. The normalized spacial score (nSPS) is 11.3. The number of rotatable bonds is 22. The summed E-state index contributed by atoms with van der Waals surface area (Å²) < 4.78 is 0. The van der Waals surface area contributed by atoms with Gasteiger partial charge < -0.3 is 4.79 Å². The lowest BCUT2D eigenvalue weighted by atomic mass is 10.0. The van der Waals surface area contributed by atoms with Crippen molar-refractivity contribution in [3.8, 4) is 0 Å². The average Bonchev–Trinajstić information content (AvgIpc) is 2.67. The smallest absolute Gasteiger partial charge is 0.132 e. The van der Waals surface area contributed by atoms with Crippen molar-refractivity contribution < 1.29 is 9.59 Å². The SMILES string of the molecule is CCCCCCCCCCC/C=C/CCCC(=O)CCCCCCCC=O. The molecule has 0 fully saturated rings. The molecule has 0 radical (unpaired) electrons. The molecule has 0 bridgehead atoms. The highest BCUT2D eigenvalue weighted by atomic mass is 16.1. The maximum Gasteiger partial charge on any atom is 0.132 e. The Kier molecular flexibility index (Phi) is 22.3. The highest BCUT2D eigenvalue weighted by Gasteiger charge is 2.01. The fourth-order valence-corrected chi connectivity index (χ4v) is 3.43. The van der Waals surface area contributed by atoms with Crippen molar-refractivity contribution in [3.63, 3.8) is 0 Å². The number of ketones is 1. The second kappa shape index (κ2) is 23.1. The Hall–Kier alpha value is -0.920. The van der Waals surface area contributed by atoms with Gasteiger partial charge in [-0.05, 0) is 38.5 Å². The summed E-state index contributed by atoms with van der Waals surface area (Å²) >= 11 is 0. The maximum absolute atomic E-state index is 11.8. The summed E-state index contributed by atoms with van der Waals surface area (Å²) in [6, 6.07) is 0. The monoisotopic (exact) mass is 378 g/mol. The zero-order valence-corrected chi connectivity index (χ0v) is 18.2. The van der Waals surface area contributed by atoms with Crippen LogP contribution in [-0.2, 0) is 9.59 Å². The van der Waals surface area contributed by atoms with Crippen LogP contribution in [0.5, 0.6) is 0 Å². The summed E-state index contributed by atoms with van der Waals surface area (Å²) in [6.45, 7) is 2.27. The molecule has 158 valence electrons. The number of aldehydes is 1. The molecular weight excluding hydrogens is 332 g/mol. The number of Topliss-reactive ketones (excluding diaryl/α,β-unsaturated/α-hetero) is 1. The number of allylic oxidation sites excluding steroid dienone is 2. The van der Waals surface area contributed by atoms with Gasteiger partial charge in [-0.2, -0.15) is 0 Å².